The molecule has 1 aliphatic rings. The summed E-state index contributed by atoms with van der Waals surface area (Å²) in [5.74, 6) is 0.386. The van der Waals surface area contributed by atoms with E-state index in [0.717, 1.165) is 31.7 Å². The summed E-state index contributed by atoms with van der Waals surface area (Å²) >= 11 is 5.88. The van der Waals surface area contributed by atoms with E-state index in [1.807, 2.05) is 85.7 Å². The second kappa shape index (κ2) is 13.1. The number of carbonyl (C=O) groups excluding carboxylic acids is 1. The van der Waals surface area contributed by atoms with Gasteiger partial charge >= 0.3 is 5.97 Å². The molecule has 2 heterocycles. The van der Waals surface area contributed by atoms with E-state index in [-0.39, 0.29) is 12.2 Å². The number of esters is 1. The average molecular weight is 805 g/mol. The van der Waals surface area contributed by atoms with Crippen LogP contribution in [0.3, 0.4) is 0 Å². The zero-order valence-electron chi connectivity index (χ0n) is 23.6. The number of thiazole rings is 1. The summed E-state index contributed by atoms with van der Waals surface area (Å²) in [5, 5.41) is 0. The number of hydrogen-bond acceptors (Lipinski definition) is 7. The van der Waals surface area contributed by atoms with Gasteiger partial charge in [0.1, 0.15) is 12.4 Å². The Morgan fingerprint density at radius 3 is 2.43 bits per heavy atom. The third kappa shape index (κ3) is 6.50. The normalized spacial score (nSPS) is 14.8. The molecule has 0 aliphatic carbocycles. The van der Waals surface area contributed by atoms with Crippen molar-refractivity contribution in [1.29, 1.82) is 0 Å². The molecule has 0 saturated carbocycles. The smallest absolute Gasteiger partial charge is 0.338 e. The second-order valence-corrected chi connectivity index (χ2v) is 13.3. The minimum absolute atomic E-state index is 0.199. The Morgan fingerprint density at radius 1 is 1.07 bits per heavy atom. The van der Waals surface area contributed by atoms with Gasteiger partial charge in [-0.3, -0.25) is 9.36 Å². The second-order valence-electron chi connectivity index (χ2n) is 9.89. The third-order valence-corrected chi connectivity index (χ3v) is 9.30. The number of hydrogen-bond donors (Lipinski definition) is 0. The first-order chi connectivity index (χ1) is 20.2. The van der Waals surface area contributed by atoms with Crippen LogP contribution in [0.4, 0.5) is 5.69 Å². The Balaban J connectivity index is 1.49. The maximum absolute atomic E-state index is 13.9. The van der Waals surface area contributed by atoms with Crippen LogP contribution in [0.25, 0.3) is 6.08 Å². The van der Waals surface area contributed by atoms with E-state index in [4.69, 9.17) is 9.47 Å². The number of aromatic nitrogens is 1. The molecule has 4 aromatic rings. The van der Waals surface area contributed by atoms with Crippen LogP contribution in [0.5, 0.6) is 5.75 Å². The molecule has 0 spiro atoms. The van der Waals surface area contributed by atoms with Crippen LogP contribution < -0.4 is 24.5 Å². The summed E-state index contributed by atoms with van der Waals surface area (Å²) in [6, 6.07) is 21.3. The van der Waals surface area contributed by atoms with E-state index < -0.39 is 12.0 Å². The molecule has 0 unspecified atom stereocenters. The van der Waals surface area contributed by atoms with Crippen LogP contribution in [0.1, 0.15) is 36.6 Å². The fraction of sp³-hybridized carbons (Fsp3) is 0.219. The zero-order chi connectivity index (χ0) is 30.0. The molecule has 7 nitrogen and oxygen atoms in total. The molecule has 5 rings (SSSR count). The number of anilines is 1. The number of nitrogens with zero attached hydrogens (tertiary/aromatic N) is 3. The van der Waals surface area contributed by atoms with Crippen molar-refractivity contribution in [1.82, 2.24) is 4.57 Å². The van der Waals surface area contributed by atoms with Crippen LogP contribution >= 0.6 is 56.5 Å². The van der Waals surface area contributed by atoms with Gasteiger partial charge < -0.3 is 14.4 Å². The largest absolute Gasteiger partial charge is 0.488 e. The van der Waals surface area contributed by atoms with Gasteiger partial charge in [-0.1, -0.05) is 47.7 Å². The number of rotatable bonds is 8. The van der Waals surface area contributed by atoms with E-state index in [1.54, 1.807) is 18.4 Å². The lowest BCUT2D eigenvalue weighted by Gasteiger charge is -2.25. The van der Waals surface area contributed by atoms with Crippen molar-refractivity contribution < 1.29 is 14.3 Å². The molecule has 0 fully saturated rings. The molecule has 216 valence electrons. The minimum Gasteiger partial charge on any atom is -0.488 e. The van der Waals surface area contributed by atoms with Gasteiger partial charge in [-0.25, -0.2) is 9.79 Å². The number of ether oxygens (including phenoxy) is 2. The van der Waals surface area contributed by atoms with Crippen molar-refractivity contribution in [2.45, 2.75) is 26.5 Å². The van der Waals surface area contributed by atoms with E-state index in [1.165, 1.54) is 14.9 Å². The number of fused-ring (bicyclic) bond motifs is 1. The number of carbonyl (C=O) groups is 1. The van der Waals surface area contributed by atoms with Gasteiger partial charge in [-0.15, -0.1) is 0 Å². The van der Waals surface area contributed by atoms with Crippen molar-refractivity contribution in [3.8, 4) is 5.75 Å². The fourth-order valence-electron chi connectivity index (χ4n) is 4.68. The molecule has 10 heteroatoms. The van der Waals surface area contributed by atoms with E-state index in [2.05, 4.69) is 56.2 Å². The van der Waals surface area contributed by atoms with Gasteiger partial charge in [0.2, 0.25) is 0 Å². The lowest BCUT2D eigenvalue weighted by molar-refractivity contribution is -0.139. The summed E-state index contributed by atoms with van der Waals surface area (Å²) < 4.78 is 15.8. The molecule has 0 radical (unpaired) electrons. The summed E-state index contributed by atoms with van der Waals surface area (Å²) in [6.07, 6.45) is 1.87. The van der Waals surface area contributed by atoms with E-state index in [0.29, 0.717) is 27.2 Å². The van der Waals surface area contributed by atoms with Crippen molar-refractivity contribution in [3.05, 3.63) is 122 Å². The number of benzene rings is 3. The van der Waals surface area contributed by atoms with Gasteiger partial charge in [-0.2, -0.15) is 0 Å². The molecule has 0 amide bonds. The molecule has 3 aromatic carbocycles. The molecule has 1 aromatic heterocycles. The highest BCUT2D eigenvalue weighted by atomic mass is 127. The van der Waals surface area contributed by atoms with Crippen LogP contribution in [0.15, 0.2) is 87.8 Å². The highest BCUT2D eigenvalue weighted by Gasteiger charge is 2.33. The highest BCUT2D eigenvalue weighted by Crippen LogP contribution is 2.31. The Bertz CT molecular complexity index is 1840. The summed E-state index contributed by atoms with van der Waals surface area (Å²) in [4.78, 5) is 34.2. The Morgan fingerprint density at radius 2 is 1.79 bits per heavy atom. The predicted octanol–water partition coefficient (Wildman–Crippen LogP) is 5.65. The van der Waals surface area contributed by atoms with Crippen molar-refractivity contribution in [2.75, 3.05) is 25.6 Å². The van der Waals surface area contributed by atoms with E-state index in [9.17, 15) is 9.59 Å². The van der Waals surface area contributed by atoms with Crippen LogP contribution in [-0.4, -0.2) is 31.2 Å². The first-order valence-corrected chi connectivity index (χ1v) is 16.3. The Labute approximate surface area is 275 Å². The van der Waals surface area contributed by atoms with Crippen LogP contribution in [-0.2, 0) is 16.1 Å². The highest BCUT2D eigenvalue weighted by molar-refractivity contribution is 14.1. The quantitative estimate of drug-likeness (QED) is 0.170. The molecular weight excluding hydrogens is 776 g/mol. The predicted molar refractivity (Wildman–Crippen MR) is 184 cm³/mol. The molecule has 0 saturated heterocycles. The Hall–Kier alpha value is -2.97. The Kier molecular flexibility index (Phi) is 9.53. The standard InChI is InChI=1S/C32H29I2N3O4S/c1-5-40-31(39)28-19(2)35-32-37(29(28)22-10-13-24(14-11-22)36(3)4)30(38)27(42-32)16-20-6-8-21(9-7-20)18-41-26-15-12-23(33)17-25(26)34/h6-17,29H,5,18H2,1-4H3/b27-16-/t29-/m1/s1. The topological polar surface area (TPSA) is 73.1 Å². The lowest BCUT2D eigenvalue weighted by Crippen LogP contribution is -2.39. The zero-order valence-corrected chi connectivity index (χ0v) is 28.7. The SMILES string of the molecule is CCOC(=O)C1=C(C)N=c2s/c(=C\c3ccc(COc4ccc(I)cc4I)cc3)c(=O)n2[C@@H]1c1ccc(N(C)C)cc1. The summed E-state index contributed by atoms with van der Waals surface area (Å²) in [5.41, 5.74) is 4.48. The molecule has 1 aliphatic heterocycles. The summed E-state index contributed by atoms with van der Waals surface area (Å²) in [7, 11) is 3.94. The first-order valence-electron chi connectivity index (χ1n) is 13.3. The first kappa shape index (κ1) is 30.5. The van der Waals surface area contributed by atoms with Crippen molar-refractivity contribution in [2.24, 2.45) is 4.99 Å². The van der Waals surface area contributed by atoms with Gasteiger partial charge in [0.05, 0.1) is 32.0 Å². The lowest BCUT2D eigenvalue weighted by atomic mass is 9.95. The minimum atomic E-state index is -0.637. The fourth-order valence-corrected chi connectivity index (χ4v) is 7.48. The molecule has 0 N–H and O–H groups in total. The van der Waals surface area contributed by atoms with Crippen molar-refractivity contribution >= 4 is 74.3 Å². The average Bonchev–Trinajstić information content (AvgIpc) is 3.26. The third-order valence-electron chi connectivity index (χ3n) is 6.81. The molecule has 0 bridgehead atoms. The van der Waals surface area contributed by atoms with Gasteiger partial charge in [0.25, 0.3) is 5.56 Å². The summed E-state index contributed by atoms with van der Waals surface area (Å²) in [6.45, 7) is 4.24. The maximum Gasteiger partial charge on any atom is 0.338 e. The van der Waals surface area contributed by atoms with Gasteiger partial charge in [0.15, 0.2) is 4.80 Å². The number of allylic oxidation sites excluding steroid dienone is 1. The van der Waals surface area contributed by atoms with Crippen LogP contribution in [0.2, 0.25) is 0 Å². The number of halogens is 2. The molecular formula is C32H29I2N3O4S. The van der Waals surface area contributed by atoms with Crippen molar-refractivity contribution in [3.63, 3.8) is 0 Å². The van der Waals surface area contributed by atoms with Gasteiger partial charge in [0, 0.05) is 23.4 Å². The monoisotopic (exact) mass is 805 g/mol. The molecule has 42 heavy (non-hydrogen) atoms. The maximum atomic E-state index is 13.9. The van der Waals surface area contributed by atoms with Crippen LogP contribution in [0, 0.1) is 7.14 Å². The molecule has 1 atom stereocenters. The van der Waals surface area contributed by atoms with E-state index >= 15 is 0 Å². The van der Waals surface area contributed by atoms with Gasteiger partial charge in [-0.05, 0) is 112 Å².